The van der Waals surface area contributed by atoms with Gasteiger partial charge in [0, 0.05) is 23.7 Å². The van der Waals surface area contributed by atoms with Crippen LogP contribution in [0.2, 0.25) is 5.02 Å². The predicted molar refractivity (Wildman–Crippen MR) is 67.5 cm³/mol. The summed E-state index contributed by atoms with van der Waals surface area (Å²) in [6, 6.07) is 5.37. The molecule has 0 bridgehead atoms. The van der Waals surface area contributed by atoms with Crippen LogP contribution in [0.15, 0.2) is 18.2 Å². The molecule has 3 nitrogen and oxygen atoms in total. The maximum absolute atomic E-state index is 11.8. The molecule has 1 saturated heterocycles. The van der Waals surface area contributed by atoms with Crippen molar-refractivity contribution in [2.45, 2.75) is 13.3 Å². The molecule has 2 rings (SSSR count). The molecule has 1 fully saturated rings. The van der Waals surface area contributed by atoms with Crippen molar-refractivity contribution >= 4 is 40.0 Å². The maximum Gasteiger partial charge on any atom is 0.227 e. The summed E-state index contributed by atoms with van der Waals surface area (Å²) in [5.74, 6) is -0.503. The molecular formula is C12H11Cl2NO2. The molecule has 0 aliphatic carbocycles. The zero-order valence-corrected chi connectivity index (χ0v) is 10.8. The summed E-state index contributed by atoms with van der Waals surface area (Å²) in [5.41, 5.74) is 1.59. The van der Waals surface area contributed by atoms with Crippen LogP contribution in [0.3, 0.4) is 0 Å². The summed E-state index contributed by atoms with van der Waals surface area (Å²) in [7, 11) is 0. The number of hydrogen-bond acceptors (Lipinski definition) is 2. The standard InChI is InChI=1S/C12H11Cl2NO2/c1-7-9(13)3-2-4-10(7)15-6-8(12(14)17)5-11(15)16/h2-4,8H,5-6H2,1H3/t8-/m0/s1. The first-order valence-corrected chi connectivity index (χ1v) is 6.01. The fourth-order valence-corrected chi connectivity index (χ4v) is 2.30. The Morgan fingerprint density at radius 1 is 1.47 bits per heavy atom. The Morgan fingerprint density at radius 2 is 2.18 bits per heavy atom. The van der Waals surface area contributed by atoms with E-state index in [4.69, 9.17) is 23.2 Å². The minimum Gasteiger partial charge on any atom is -0.311 e. The molecule has 0 aromatic heterocycles. The lowest BCUT2D eigenvalue weighted by molar-refractivity contribution is -0.120. The lowest BCUT2D eigenvalue weighted by Crippen LogP contribution is -2.25. The molecule has 1 aromatic carbocycles. The monoisotopic (exact) mass is 271 g/mol. The van der Waals surface area contributed by atoms with Gasteiger partial charge in [-0.15, -0.1) is 0 Å². The zero-order valence-electron chi connectivity index (χ0n) is 9.24. The molecule has 1 amide bonds. The molecule has 0 unspecified atom stereocenters. The average molecular weight is 272 g/mol. The highest BCUT2D eigenvalue weighted by Crippen LogP contribution is 2.31. The van der Waals surface area contributed by atoms with Crippen LogP contribution in [0.5, 0.6) is 0 Å². The second-order valence-electron chi connectivity index (χ2n) is 4.09. The van der Waals surface area contributed by atoms with E-state index in [1.165, 1.54) is 0 Å². The molecule has 0 N–H and O–H groups in total. The molecule has 1 aliphatic rings. The molecule has 1 aliphatic heterocycles. The van der Waals surface area contributed by atoms with Gasteiger partial charge in [-0.05, 0) is 36.2 Å². The Labute approximate surface area is 109 Å². The highest BCUT2D eigenvalue weighted by Gasteiger charge is 2.34. The van der Waals surface area contributed by atoms with Gasteiger partial charge in [0.15, 0.2) is 0 Å². The minimum atomic E-state index is -0.458. The van der Waals surface area contributed by atoms with Crippen molar-refractivity contribution in [3.63, 3.8) is 0 Å². The van der Waals surface area contributed by atoms with E-state index in [0.717, 1.165) is 11.3 Å². The Morgan fingerprint density at radius 3 is 2.76 bits per heavy atom. The van der Waals surface area contributed by atoms with E-state index in [1.54, 1.807) is 17.0 Å². The maximum atomic E-state index is 11.8. The van der Waals surface area contributed by atoms with E-state index in [2.05, 4.69) is 0 Å². The van der Waals surface area contributed by atoms with Crippen LogP contribution in [0.25, 0.3) is 0 Å². The third-order valence-electron chi connectivity index (χ3n) is 2.98. The fraction of sp³-hybridized carbons (Fsp3) is 0.333. The van der Waals surface area contributed by atoms with Crippen molar-refractivity contribution in [3.05, 3.63) is 28.8 Å². The van der Waals surface area contributed by atoms with Gasteiger partial charge in [0.05, 0.1) is 5.92 Å². The van der Waals surface area contributed by atoms with Crippen LogP contribution < -0.4 is 4.90 Å². The molecule has 0 radical (unpaired) electrons. The normalized spacial score (nSPS) is 19.8. The summed E-state index contributed by atoms with van der Waals surface area (Å²) in [4.78, 5) is 24.5. The lowest BCUT2D eigenvalue weighted by atomic mass is 10.1. The van der Waals surface area contributed by atoms with Gasteiger partial charge in [-0.25, -0.2) is 0 Å². The second-order valence-corrected chi connectivity index (χ2v) is 4.87. The summed E-state index contributed by atoms with van der Waals surface area (Å²) < 4.78 is 0. The SMILES string of the molecule is Cc1c(Cl)cccc1N1C[C@@H](C(=O)Cl)CC1=O. The van der Waals surface area contributed by atoms with Crippen LogP contribution in [0.4, 0.5) is 5.69 Å². The van der Waals surface area contributed by atoms with Crippen molar-refractivity contribution in [1.29, 1.82) is 0 Å². The Bertz CT molecular complexity index is 487. The van der Waals surface area contributed by atoms with Crippen LogP contribution in [-0.4, -0.2) is 17.7 Å². The number of benzene rings is 1. The van der Waals surface area contributed by atoms with E-state index in [-0.39, 0.29) is 12.3 Å². The van der Waals surface area contributed by atoms with Gasteiger partial charge in [0.2, 0.25) is 11.1 Å². The number of anilines is 1. The van der Waals surface area contributed by atoms with E-state index in [0.29, 0.717) is 11.6 Å². The molecule has 90 valence electrons. The number of amides is 1. The summed E-state index contributed by atoms with van der Waals surface area (Å²) in [5, 5.41) is 0.150. The van der Waals surface area contributed by atoms with Crippen molar-refractivity contribution < 1.29 is 9.59 Å². The summed E-state index contributed by atoms with van der Waals surface area (Å²) >= 11 is 11.4. The highest BCUT2D eigenvalue weighted by molar-refractivity contribution is 6.64. The zero-order chi connectivity index (χ0) is 12.6. The van der Waals surface area contributed by atoms with Crippen LogP contribution in [-0.2, 0) is 9.59 Å². The molecule has 1 heterocycles. The van der Waals surface area contributed by atoms with Gasteiger partial charge in [-0.1, -0.05) is 17.7 Å². The molecule has 1 atom stereocenters. The molecular weight excluding hydrogens is 261 g/mol. The number of carbonyl (C=O) groups is 2. The highest BCUT2D eigenvalue weighted by atomic mass is 35.5. The van der Waals surface area contributed by atoms with Crippen molar-refractivity contribution in [1.82, 2.24) is 0 Å². The minimum absolute atomic E-state index is 0.0885. The van der Waals surface area contributed by atoms with Gasteiger partial charge >= 0.3 is 0 Å². The molecule has 0 saturated carbocycles. The van der Waals surface area contributed by atoms with Crippen LogP contribution in [0.1, 0.15) is 12.0 Å². The number of halogens is 2. The Hall–Kier alpha value is -1.06. The quantitative estimate of drug-likeness (QED) is 0.776. The molecule has 1 aromatic rings. The second kappa shape index (κ2) is 4.67. The average Bonchev–Trinajstić information content (AvgIpc) is 2.65. The summed E-state index contributed by atoms with van der Waals surface area (Å²) in [6.07, 6.45) is 0.175. The largest absolute Gasteiger partial charge is 0.311 e. The number of rotatable bonds is 2. The third-order valence-corrected chi connectivity index (χ3v) is 3.69. The van der Waals surface area contributed by atoms with E-state index in [9.17, 15) is 9.59 Å². The number of carbonyl (C=O) groups excluding carboxylic acids is 2. The first-order valence-electron chi connectivity index (χ1n) is 5.25. The van der Waals surface area contributed by atoms with Gasteiger partial charge in [0.25, 0.3) is 0 Å². The van der Waals surface area contributed by atoms with Gasteiger partial charge < -0.3 is 4.90 Å². The van der Waals surface area contributed by atoms with Crippen molar-refractivity contribution in [2.24, 2.45) is 5.92 Å². The van der Waals surface area contributed by atoms with Crippen molar-refractivity contribution in [2.75, 3.05) is 11.4 Å². The van der Waals surface area contributed by atoms with E-state index >= 15 is 0 Å². The lowest BCUT2D eigenvalue weighted by Gasteiger charge is -2.19. The van der Waals surface area contributed by atoms with E-state index < -0.39 is 11.2 Å². The fourth-order valence-electron chi connectivity index (χ4n) is 1.98. The first-order chi connectivity index (χ1) is 8.00. The first kappa shape index (κ1) is 12.4. The van der Waals surface area contributed by atoms with Gasteiger partial charge in [0.1, 0.15) is 0 Å². The van der Waals surface area contributed by atoms with E-state index in [1.807, 2.05) is 13.0 Å². The van der Waals surface area contributed by atoms with Crippen molar-refractivity contribution in [3.8, 4) is 0 Å². The number of nitrogens with zero attached hydrogens (tertiary/aromatic N) is 1. The smallest absolute Gasteiger partial charge is 0.227 e. The molecule has 5 heteroatoms. The Kier molecular flexibility index (Phi) is 3.40. The van der Waals surface area contributed by atoms with Crippen LogP contribution >= 0.6 is 23.2 Å². The topological polar surface area (TPSA) is 37.4 Å². The molecule has 0 spiro atoms. The predicted octanol–water partition coefficient (Wildman–Crippen LogP) is 2.77. The number of hydrogen-bond donors (Lipinski definition) is 0. The van der Waals surface area contributed by atoms with Crippen LogP contribution in [0, 0.1) is 12.8 Å². The van der Waals surface area contributed by atoms with Gasteiger partial charge in [-0.2, -0.15) is 0 Å². The van der Waals surface area contributed by atoms with Gasteiger partial charge in [-0.3, -0.25) is 9.59 Å². The molecule has 17 heavy (non-hydrogen) atoms. The Balaban J connectivity index is 2.32. The summed E-state index contributed by atoms with van der Waals surface area (Å²) in [6.45, 7) is 2.18. The third kappa shape index (κ3) is 2.31.